The van der Waals surface area contributed by atoms with Crippen LogP contribution in [0.2, 0.25) is 0 Å². The molecule has 0 bridgehead atoms. The molecule has 7 heteroatoms. The molecule has 27 heavy (non-hydrogen) atoms. The van der Waals surface area contributed by atoms with E-state index >= 15 is 0 Å². The highest BCUT2D eigenvalue weighted by atomic mass is 32.2. The van der Waals surface area contributed by atoms with Crippen LogP contribution in [0.4, 0.5) is 5.82 Å². The Balaban J connectivity index is 1.61. The summed E-state index contributed by atoms with van der Waals surface area (Å²) in [6.45, 7) is 2.09. The van der Waals surface area contributed by atoms with E-state index in [-0.39, 0.29) is 11.7 Å². The van der Waals surface area contributed by atoms with Gasteiger partial charge in [-0.15, -0.1) is 11.3 Å². The number of nitrogens with zero attached hydrogens (tertiary/aromatic N) is 3. The number of aryl methyl sites for hydroxylation is 1. The van der Waals surface area contributed by atoms with Gasteiger partial charge in [-0.25, -0.2) is 15.0 Å². The van der Waals surface area contributed by atoms with E-state index < -0.39 is 0 Å². The zero-order valence-electron chi connectivity index (χ0n) is 14.5. The third-order valence-corrected chi connectivity index (χ3v) is 5.97. The van der Waals surface area contributed by atoms with Gasteiger partial charge >= 0.3 is 0 Å². The second-order valence-electron chi connectivity index (χ2n) is 5.81. The zero-order chi connectivity index (χ0) is 18.6. The molecule has 4 rings (SSSR count). The molecule has 0 fully saturated rings. The Labute approximate surface area is 164 Å². The largest absolute Gasteiger partial charge is 0.310 e. The monoisotopic (exact) mass is 392 g/mol. The van der Waals surface area contributed by atoms with Gasteiger partial charge in [0.05, 0.1) is 11.1 Å². The smallest absolute Gasteiger partial charge is 0.235 e. The SMILES string of the molecule is Cc1sc2ncnc(SCC(=O)Nc3ccccn3)c2c1-c1ccccc1. The highest BCUT2D eigenvalue weighted by Gasteiger charge is 2.17. The molecule has 0 radical (unpaired) electrons. The Hall–Kier alpha value is -2.77. The van der Waals surface area contributed by atoms with Gasteiger partial charge in [0.15, 0.2) is 0 Å². The molecule has 0 atom stereocenters. The minimum absolute atomic E-state index is 0.112. The molecule has 5 nitrogen and oxygen atoms in total. The van der Waals surface area contributed by atoms with Crippen LogP contribution in [0, 0.1) is 6.92 Å². The summed E-state index contributed by atoms with van der Waals surface area (Å²) in [5.41, 5.74) is 2.28. The number of nitrogens with one attached hydrogen (secondary N) is 1. The van der Waals surface area contributed by atoms with Crippen LogP contribution in [0.5, 0.6) is 0 Å². The van der Waals surface area contributed by atoms with E-state index in [1.165, 1.54) is 16.6 Å². The number of carbonyl (C=O) groups excluding carboxylic acids is 1. The third kappa shape index (κ3) is 3.84. The highest BCUT2D eigenvalue weighted by molar-refractivity contribution is 8.00. The van der Waals surface area contributed by atoms with Crippen molar-refractivity contribution < 1.29 is 4.79 Å². The van der Waals surface area contributed by atoms with Crippen molar-refractivity contribution in [3.05, 3.63) is 65.9 Å². The maximum atomic E-state index is 12.3. The molecular weight excluding hydrogens is 376 g/mol. The van der Waals surface area contributed by atoms with Crippen LogP contribution in [0.3, 0.4) is 0 Å². The van der Waals surface area contributed by atoms with Crippen molar-refractivity contribution >= 4 is 45.0 Å². The van der Waals surface area contributed by atoms with E-state index in [4.69, 9.17) is 0 Å². The van der Waals surface area contributed by atoms with Gasteiger partial charge in [-0.3, -0.25) is 4.79 Å². The van der Waals surface area contributed by atoms with Crippen molar-refractivity contribution in [2.45, 2.75) is 11.9 Å². The van der Waals surface area contributed by atoms with E-state index in [9.17, 15) is 4.79 Å². The number of carbonyl (C=O) groups is 1. The molecule has 0 saturated heterocycles. The number of hydrogen-bond donors (Lipinski definition) is 1. The second kappa shape index (κ2) is 7.85. The van der Waals surface area contributed by atoms with Gasteiger partial charge in [0, 0.05) is 16.6 Å². The summed E-state index contributed by atoms with van der Waals surface area (Å²) in [4.78, 5) is 27.4. The van der Waals surface area contributed by atoms with Crippen LogP contribution in [0.25, 0.3) is 21.3 Å². The number of amides is 1. The lowest BCUT2D eigenvalue weighted by Gasteiger charge is -2.07. The number of thiophene rings is 1. The van der Waals surface area contributed by atoms with Crippen LogP contribution in [-0.2, 0) is 4.79 Å². The van der Waals surface area contributed by atoms with Crippen molar-refractivity contribution in [2.24, 2.45) is 0 Å². The summed E-state index contributed by atoms with van der Waals surface area (Å²) in [5.74, 6) is 0.692. The number of pyridine rings is 1. The Bertz CT molecular complexity index is 1080. The maximum Gasteiger partial charge on any atom is 0.235 e. The first kappa shape index (κ1) is 17.6. The highest BCUT2D eigenvalue weighted by Crippen LogP contribution is 2.41. The quantitative estimate of drug-likeness (QED) is 0.391. The Morgan fingerprint density at radius 2 is 1.89 bits per heavy atom. The minimum atomic E-state index is -0.112. The fraction of sp³-hybridized carbons (Fsp3) is 0.100. The Morgan fingerprint density at radius 1 is 1.07 bits per heavy atom. The van der Waals surface area contributed by atoms with Crippen LogP contribution in [-0.4, -0.2) is 26.6 Å². The number of benzene rings is 1. The minimum Gasteiger partial charge on any atom is -0.310 e. The molecule has 1 amide bonds. The number of hydrogen-bond acceptors (Lipinski definition) is 6. The molecular formula is C20H16N4OS2. The number of rotatable bonds is 5. The molecule has 0 spiro atoms. The third-order valence-electron chi connectivity index (χ3n) is 3.96. The molecule has 1 N–H and O–H groups in total. The van der Waals surface area contributed by atoms with Gasteiger partial charge in [-0.05, 0) is 24.6 Å². The van der Waals surface area contributed by atoms with Gasteiger partial charge in [0.25, 0.3) is 0 Å². The van der Waals surface area contributed by atoms with Gasteiger partial charge < -0.3 is 5.32 Å². The van der Waals surface area contributed by atoms with E-state index in [0.717, 1.165) is 26.4 Å². The lowest BCUT2D eigenvalue weighted by molar-refractivity contribution is -0.113. The summed E-state index contributed by atoms with van der Waals surface area (Å²) in [6.07, 6.45) is 3.21. The van der Waals surface area contributed by atoms with Crippen LogP contribution < -0.4 is 5.32 Å². The first-order chi connectivity index (χ1) is 13.2. The van der Waals surface area contributed by atoms with E-state index in [0.29, 0.717) is 5.82 Å². The van der Waals surface area contributed by atoms with Gasteiger partial charge in [0.1, 0.15) is 22.0 Å². The van der Waals surface area contributed by atoms with Crippen LogP contribution in [0.1, 0.15) is 4.88 Å². The Morgan fingerprint density at radius 3 is 2.67 bits per heavy atom. The van der Waals surface area contributed by atoms with Gasteiger partial charge in [-0.2, -0.15) is 0 Å². The fourth-order valence-electron chi connectivity index (χ4n) is 2.83. The van der Waals surface area contributed by atoms with E-state index in [1.54, 1.807) is 29.9 Å². The van der Waals surface area contributed by atoms with Crippen molar-refractivity contribution in [1.82, 2.24) is 15.0 Å². The number of anilines is 1. The molecule has 3 heterocycles. The molecule has 0 unspecified atom stereocenters. The predicted molar refractivity (Wildman–Crippen MR) is 111 cm³/mol. The zero-order valence-corrected chi connectivity index (χ0v) is 16.2. The Kier molecular flexibility index (Phi) is 5.13. The number of fused-ring (bicyclic) bond motifs is 1. The predicted octanol–water partition coefficient (Wildman–Crippen LogP) is 4.79. The molecule has 1 aromatic carbocycles. The molecule has 0 aliphatic rings. The van der Waals surface area contributed by atoms with Gasteiger partial charge in [0.2, 0.25) is 5.91 Å². The van der Waals surface area contributed by atoms with E-state index in [2.05, 4.69) is 39.3 Å². The molecule has 134 valence electrons. The van der Waals surface area contributed by atoms with E-state index in [1.807, 2.05) is 30.3 Å². The molecule has 4 aromatic rings. The second-order valence-corrected chi connectivity index (χ2v) is 7.98. The van der Waals surface area contributed by atoms with Crippen molar-refractivity contribution in [1.29, 1.82) is 0 Å². The summed E-state index contributed by atoms with van der Waals surface area (Å²) in [7, 11) is 0. The summed E-state index contributed by atoms with van der Waals surface area (Å²) < 4.78 is 0. The molecule has 3 aromatic heterocycles. The van der Waals surface area contributed by atoms with Crippen molar-refractivity contribution in [3.63, 3.8) is 0 Å². The number of thioether (sulfide) groups is 1. The molecule has 0 saturated carbocycles. The summed E-state index contributed by atoms with van der Waals surface area (Å²) >= 11 is 3.06. The average molecular weight is 393 g/mol. The lowest BCUT2D eigenvalue weighted by atomic mass is 10.0. The van der Waals surface area contributed by atoms with Crippen molar-refractivity contribution in [2.75, 3.05) is 11.1 Å². The molecule has 0 aliphatic heterocycles. The first-order valence-electron chi connectivity index (χ1n) is 8.35. The summed E-state index contributed by atoms with van der Waals surface area (Å²) in [5, 5.41) is 4.63. The lowest BCUT2D eigenvalue weighted by Crippen LogP contribution is -2.14. The van der Waals surface area contributed by atoms with Gasteiger partial charge in [-0.1, -0.05) is 48.2 Å². The fourth-order valence-corrected chi connectivity index (χ4v) is 4.71. The van der Waals surface area contributed by atoms with Crippen LogP contribution in [0.15, 0.2) is 66.1 Å². The topological polar surface area (TPSA) is 67.8 Å². The first-order valence-corrected chi connectivity index (χ1v) is 10.2. The van der Waals surface area contributed by atoms with Crippen molar-refractivity contribution in [3.8, 4) is 11.1 Å². The number of aromatic nitrogens is 3. The normalized spacial score (nSPS) is 10.9. The maximum absolute atomic E-state index is 12.3. The van der Waals surface area contributed by atoms with Crippen LogP contribution >= 0.6 is 23.1 Å². The standard InChI is InChI=1S/C20H16N4OS2/c1-13-17(14-7-3-2-4-8-14)18-19(22-12-23-20(18)27-13)26-11-16(25)24-15-9-5-6-10-21-15/h2-10,12H,11H2,1H3,(H,21,24,25). The molecule has 0 aliphatic carbocycles. The average Bonchev–Trinajstić information content (AvgIpc) is 3.04. The summed E-state index contributed by atoms with van der Waals surface area (Å²) in [6, 6.07) is 15.6.